The Morgan fingerprint density at radius 2 is 1.89 bits per heavy atom. The molecule has 1 aliphatic heterocycles. The van der Waals surface area contributed by atoms with Crippen molar-refractivity contribution in [3.8, 4) is 5.75 Å². The van der Waals surface area contributed by atoms with Crippen LogP contribution in [-0.4, -0.2) is 43.2 Å². The topological polar surface area (TPSA) is 24.5 Å². The van der Waals surface area contributed by atoms with E-state index in [1.54, 1.807) is 0 Å². The molecule has 0 radical (unpaired) electrons. The first kappa shape index (κ1) is 14.4. The number of ether oxygens (including phenoxy) is 1. The highest BCUT2D eigenvalue weighted by Crippen LogP contribution is 2.25. The highest BCUT2D eigenvalue weighted by Gasteiger charge is 2.25. The van der Waals surface area contributed by atoms with Crippen LogP contribution in [0.15, 0.2) is 18.2 Å². The Balaban J connectivity index is 2.01. The largest absolute Gasteiger partial charge is 0.486 e. The summed E-state index contributed by atoms with van der Waals surface area (Å²) in [4.78, 5) is 2.47. The van der Waals surface area contributed by atoms with Gasteiger partial charge in [0.2, 0.25) is 0 Å². The predicted molar refractivity (Wildman–Crippen MR) is 79.9 cm³/mol. The van der Waals surface area contributed by atoms with E-state index < -0.39 is 0 Å². The van der Waals surface area contributed by atoms with Gasteiger partial charge in [-0.2, -0.15) is 0 Å². The summed E-state index contributed by atoms with van der Waals surface area (Å²) in [5, 5.41) is 3.38. The molecular formula is C16H26N2O. The molecule has 0 atom stereocenters. The van der Waals surface area contributed by atoms with Gasteiger partial charge in [0.1, 0.15) is 11.4 Å². The van der Waals surface area contributed by atoms with Gasteiger partial charge in [-0.1, -0.05) is 12.1 Å². The molecule has 0 aliphatic carbocycles. The molecule has 1 aromatic carbocycles. The molecule has 1 aromatic rings. The molecule has 0 bridgehead atoms. The zero-order chi connectivity index (χ0) is 13.9. The molecule has 0 saturated carbocycles. The van der Waals surface area contributed by atoms with E-state index in [9.17, 15) is 0 Å². The Morgan fingerprint density at radius 3 is 2.58 bits per heavy atom. The number of hydrogen-bond acceptors (Lipinski definition) is 3. The summed E-state index contributed by atoms with van der Waals surface area (Å²) < 4.78 is 6.25. The van der Waals surface area contributed by atoms with Crippen molar-refractivity contribution in [2.75, 3.05) is 32.7 Å². The standard InChI is InChI=1S/C16H26N2O/c1-13-6-5-7-15(14(13)2)19-16(3,4)12-18-10-8-17-9-11-18/h5-7,17H,8-12H2,1-4H3. The molecule has 1 heterocycles. The Labute approximate surface area is 116 Å². The Hall–Kier alpha value is -1.06. The van der Waals surface area contributed by atoms with Crippen LogP contribution in [0.25, 0.3) is 0 Å². The van der Waals surface area contributed by atoms with Crippen LogP contribution in [0.1, 0.15) is 25.0 Å². The first-order valence-corrected chi connectivity index (χ1v) is 7.16. The molecule has 106 valence electrons. The summed E-state index contributed by atoms with van der Waals surface area (Å²) in [6, 6.07) is 6.27. The SMILES string of the molecule is Cc1cccc(OC(C)(C)CN2CCNCC2)c1C. The molecule has 3 heteroatoms. The van der Waals surface area contributed by atoms with E-state index in [0.717, 1.165) is 38.5 Å². The van der Waals surface area contributed by atoms with Crippen molar-refractivity contribution in [1.29, 1.82) is 0 Å². The highest BCUT2D eigenvalue weighted by atomic mass is 16.5. The van der Waals surface area contributed by atoms with Gasteiger partial charge in [-0.25, -0.2) is 0 Å². The van der Waals surface area contributed by atoms with Crippen LogP contribution in [-0.2, 0) is 0 Å². The minimum atomic E-state index is -0.157. The van der Waals surface area contributed by atoms with Crippen LogP contribution in [0.4, 0.5) is 0 Å². The minimum Gasteiger partial charge on any atom is -0.486 e. The van der Waals surface area contributed by atoms with Gasteiger partial charge in [0.25, 0.3) is 0 Å². The van der Waals surface area contributed by atoms with Crippen molar-refractivity contribution in [3.63, 3.8) is 0 Å². The van der Waals surface area contributed by atoms with Gasteiger partial charge in [0.05, 0.1) is 0 Å². The van der Waals surface area contributed by atoms with E-state index >= 15 is 0 Å². The van der Waals surface area contributed by atoms with Crippen molar-refractivity contribution in [2.45, 2.75) is 33.3 Å². The second-order valence-electron chi connectivity index (χ2n) is 6.09. The molecule has 0 aromatic heterocycles. The number of nitrogens with zero attached hydrogens (tertiary/aromatic N) is 1. The van der Waals surface area contributed by atoms with Crippen LogP contribution in [0, 0.1) is 13.8 Å². The minimum absolute atomic E-state index is 0.157. The van der Waals surface area contributed by atoms with Gasteiger partial charge >= 0.3 is 0 Å². The fourth-order valence-corrected chi connectivity index (χ4v) is 2.57. The lowest BCUT2D eigenvalue weighted by molar-refractivity contribution is 0.0541. The van der Waals surface area contributed by atoms with Crippen molar-refractivity contribution < 1.29 is 4.74 Å². The third-order valence-electron chi connectivity index (χ3n) is 3.76. The van der Waals surface area contributed by atoms with Gasteiger partial charge < -0.3 is 10.1 Å². The summed E-state index contributed by atoms with van der Waals surface area (Å²) in [6.07, 6.45) is 0. The average Bonchev–Trinajstić information content (AvgIpc) is 2.35. The third-order valence-corrected chi connectivity index (χ3v) is 3.76. The Morgan fingerprint density at radius 1 is 1.21 bits per heavy atom. The molecule has 1 N–H and O–H groups in total. The quantitative estimate of drug-likeness (QED) is 0.901. The molecule has 0 spiro atoms. The van der Waals surface area contributed by atoms with Gasteiger partial charge in [0.15, 0.2) is 0 Å². The average molecular weight is 262 g/mol. The monoisotopic (exact) mass is 262 g/mol. The third kappa shape index (κ3) is 3.95. The van der Waals surface area contributed by atoms with Crippen molar-refractivity contribution >= 4 is 0 Å². The second-order valence-corrected chi connectivity index (χ2v) is 6.09. The van der Waals surface area contributed by atoms with Crippen LogP contribution < -0.4 is 10.1 Å². The fourth-order valence-electron chi connectivity index (χ4n) is 2.57. The molecule has 2 rings (SSSR count). The predicted octanol–water partition coefficient (Wildman–Crippen LogP) is 2.37. The molecule has 1 fully saturated rings. The maximum atomic E-state index is 6.25. The number of benzene rings is 1. The molecule has 1 aliphatic rings. The second kappa shape index (κ2) is 5.93. The fraction of sp³-hybridized carbons (Fsp3) is 0.625. The van der Waals surface area contributed by atoms with Gasteiger partial charge in [-0.3, -0.25) is 4.90 Å². The van der Waals surface area contributed by atoms with E-state index in [0.29, 0.717) is 0 Å². The summed E-state index contributed by atoms with van der Waals surface area (Å²) in [7, 11) is 0. The van der Waals surface area contributed by atoms with E-state index in [-0.39, 0.29) is 5.60 Å². The molecular weight excluding hydrogens is 236 g/mol. The van der Waals surface area contributed by atoms with Crippen molar-refractivity contribution in [3.05, 3.63) is 29.3 Å². The normalized spacial score (nSPS) is 17.5. The molecule has 1 saturated heterocycles. The van der Waals surface area contributed by atoms with E-state index in [1.807, 2.05) is 0 Å². The lowest BCUT2D eigenvalue weighted by atomic mass is 10.1. The van der Waals surface area contributed by atoms with E-state index in [1.165, 1.54) is 11.1 Å². The first-order valence-electron chi connectivity index (χ1n) is 7.16. The Bertz CT molecular complexity index is 423. The van der Waals surface area contributed by atoms with Crippen LogP contribution >= 0.6 is 0 Å². The van der Waals surface area contributed by atoms with Gasteiger partial charge in [-0.05, 0) is 44.9 Å². The summed E-state index contributed by atoms with van der Waals surface area (Å²) in [5.74, 6) is 1.01. The lowest BCUT2D eigenvalue weighted by Gasteiger charge is -2.35. The van der Waals surface area contributed by atoms with Crippen LogP contribution in [0.2, 0.25) is 0 Å². The van der Waals surface area contributed by atoms with Crippen LogP contribution in [0.3, 0.4) is 0 Å². The number of nitrogens with one attached hydrogen (secondary N) is 1. The number of aryl methyl sites for hydroxylation is 1. The molecule has 0 amide bonds. The lowest BCUT2D eigenvalue weighted by Crippen LogP contribution is -2.50. The maximum Gasteiger partial charge on any atom is 0.123 e. The van der Waals surface area contributed by atoms with Crippen LogP contribution in [0.5, 0.6) is 5.75 Å². The van der Waals surface area contributed by atoms with E-state index in [4.69, 9.17) is 4.74 Å². The summed E-state index contributed by atoms with van der Waals surface area (Å²) in [5.41, 5.74) is 2.38. The van der Waals surface area contributed by atoms with Crippen molar-refractivity contribution in [2.24, 2.45) is 0 Å². The maximum absolute atomic E-state index is 6.25. The zero-order valence-corrected chi connectivity index (χ0v) is 12.6. The number of piperazine rings is 1. The van der Waals surface area contributed by atoms with Gasteiger partial charge in [0, 0.05) is 32.7 Å². The molecule has 3 nitrogen and oxygen atoms in total. The summed E-state index contributed by atoms with van der Waals surface area (Å²) in [6.45, 7) is 14.0. The van der Waals surface area contributed by atoms with Crippen molar-refractivity contribution in [1.82, 2.24) is 10.2 Å². The Kier molecular flexibility index (Phi) is 4.48. The number of hydrogen-bond donors (Lipinski definition) is 1. The van der Waals surface area contributed by atoms with E-state index in [2.05, 4.69) is 56.1 Å². The summed E-state index contributed by atoms with van der Waals surface area (Å²) >= 11 is 0. The smallest absolute Gasteiger partial charge is 0.123 e. The zero-order valence-electron chi connectivity index (χ0n) is 12.6. The molecule has 0 unspecified atom stereocenters. The first-order chi connectivity index (χ1) is 8.98. The highest BCUT2D eigenvalue weighted by molar-refractivity contribution is 5.38. The van der Waals surface area contributed by atoms with Gasteiger partial charge in [-0.15, -0.1) is 0 Å². The molecule has 19 heavy (non-hydrogen) atoms. The number of rotatable bonds is 4.